The molecule has 0 saturated heterocycles. The monoisotopic (exact) mass is 350 g/mol. The zero-order valence-electron chi connectivity index (χ0n) is 14.6. The van der Waals surface area contributed by atoms with E-state index in [1.165, 1.54) is 28.0 Å². The van der Waals surface area contributed by atoms with Crippen LogP contribution < -0.4 is 5.32 Å². The molecule has 4 heteroatoms. The Morgan fingerprint density at radius 2 is 1.80 bits per heavy atom. The van der Waals surface area contributed by atoms with Crippen LogP contribution in [0.4, 0.5) is 0 Å². The molecule has 0 fully saturated rings. The number of aromatic nitrogens is 1. The summed E-state index contributed by atoms with van der Waals surface area (Å²) in [5.41, 5.74) is 4.51. The van der Waals surface area contributed by atoms with Crippen LogP contribution in [0.1, 0.15) is 37.1 Å². The highest BCUT2D eigenvalue weighted by atomic mass is 32.1. The zero-order chi connectivity index (χ0) is 17.6. The van der Waals surface area contributed by atoms with Gasteiger partial charge in [-0.2, -0.15) is 0 Å². The lowest BCUT2D eigenvalue weighted by Crippen LogP contribution is -2.25. The zero-order valence-corrected chi connectivity index (χ0v) is 15.4. The van der Waals surface area contributed by atoms with Crippen molar-refractivity contribution in [2.75, 3.05) is 6.54 Å². The molecular weight excluding hydrogens is 328 g/mol. The predicted octanol–water partition coefficient (Wildman–Crippen LogP) is 4.32. The molecule has 1 heterocycles. The van der Waals surface area contributed by atoms with Gasteiger partial charge in [-0.15, -0.1) is 11.3 Å². The summed E-state index contributed by atoms with van der Waals surface area (Å²) in [6.45, 7) is 4.62. The Morgan fingerprint density at radius 3 is 2.56 bits per heavy atom. The maximum Gasteiger partial charge on any atom is 0.263 e. The number of hydrogen-bond acceptors (Lipinski definition) is 3. The number of nitrogens with one attached hydrogen (secondary N) is 1. The topological polar surface area (TPSA) is 42.0 Å². The largest absolute Gasteiger partial charge is 0.351 e. The Hall–Kier alpha value is -2.46. The van der Waals surface area contributed by atoms with Crippen molar-refractivity contribution in [2.45, 2.75) is 26.7 Å². The molecule has 0 aliphatic carbocycles. The first-order valence-electron chi connectivity index (χ1n) is 8.46. The van der Waals surface area contributed by atoms with Crippen LogP contribution in [0.25, 0.3) is 0 Å². The van der Waals surface area contributed by atoms with E-state index >= 15 is 0 Å². The average Bonchev–Trinajstić information content (AvgIpc) is 2.96. The quantitative estimate of drug-likeness (QED) is 0.719. The van der Waals surface area contributed by atoms with Crippen LogP contribution in [0.15, 0.2) is 54.6 Å². The number of carbonyl (C=O) groups excluding carboxylic acids is 1. The highest BCUT2D eigenvalue weighted by Crippen LogP contribution is 2.20. The van der Waals surface area contributed by atoms with E-state index < -0.39 is 0 Å². The van der Waals surface area contributed by atoms with Crippen LogP contribution in [0, 0.1) is 13.8 Å². The van der Waals surface area contributed by atoms with Crippen LogP contribution in [0.3, 0.4) is 0 Å². The second-order valence-electron chi connectivity index (χ2n) is 6.18. The summed E-state index contributed by atoms with van der Waals surface area (Å²) in [7, 11) is 0. The van der Waals surface area contributed by atoms with Crippen molar-refractivity contribution >= 4 is 17.2 Å². The molecule has 0 spiro atoms. The van der Waals surface area contributed by atoms with Crippen molar-refractivity contribution in [3.05, 3.63) is 86.9 Å². The van der Waals surface area contributed by atoms with Crippen LogP contribution in [-0.2, 0) is 12.8 Å². The number of amides is 1. The SMILES string of the molecule is Cc1cccc(CCNC(=O)c2sc(Cc3ccccc3)nc2C)c1. The Kier molecular flexibility index (Phi) is 5.61. The standard InChI is InChI=1S/C21H22N2OS/c1-15-7-6-10-18(13-15)11-12-22-21(24)20-16(2)23-19(25-20)14-17-8-4-3-5-9-17/h3-10,13H,11-12,14H2,1-2H3,(H,22,24). The first-order chi connectivity index (χ1) is 12.1. The van der Waals surface area contributed by atoms with E-state index in [2.05, 4.69) is 53.6 Å². The fourth-order valence-electron chi connectivity index (χ4n) is 2.78. The molecule has 3 nitrogen and oxygen atoms in total. The van der Waals surface area contributed by atoms with E-state index in [1.807, 2.05) is 25.1 Å². The van der Waals surface area contributed by atoms with E-state index in [0.29, 0.717) is 6.54 Å². The number of thiazole rings is 1. The van der Waals surface area contributed by atoms with Gasteiger partial charge in [0.15, 0.2) is 0 Å². The Bertz CT molecular complexity index is 855. The summed E-state index contributed by atoms with van der Waals surface area (Å²) in [6, 6.07) is 18.6. The third-order valence-corrected chi connectivity index (χ3v) is 5.18. The molecule has 1 N–H and O–H groups in total. The summed E-state index contributed by atoms with van der Waals surface area (Å²) in [5, 5.41) is 4.00. The molecule has 0 radical (unpaired) electrons. The molecule has 0 aliphatic rings. The highest BCUT2D eigenvalue weighted by Gasteiger charge is 2.15. The molecule has 3 rings (SSSR count). The van der Waals surface area contributed by atoms with E-state index in [0.717, 1.165) is 28.4 Å². The van der Waals surface area contributed by atoms with Crippen LogP contribution in [0.2, 0.25) is 0 Å². The Balaban J connectivity index is 1.58. The number of hydrogen-bond donors (Lipinski definition) is 1. The van der Waals surface area contributed by atoms with Crippen LogP contribution in [-0.4, -0.2) is 17.4 Å². The van der Waals surface area contributed by atoms with E-state index in [1.54, 1.807) is 0 Å². The lowest BCUT2D eigenvalue weighted by molar-refractivity contribution is 0.0957. The van der Waals surface area contributed by atoms with Gasteiger partial charge in [0, 0.05) is 13.0 Å². The van der Waals surface area contributed by atoms with Gasteiger partial charge in [-0.3, -0.25) is 4.79 Å². The van der Waals surface area contributed by atoms with Gasteiger partial charge >= 0.3 is 0 Å². The predicted molar refractivity (Wildman–Crippen MR) is 103 cm³/mol. The summed E-state index contributed by atoms with van der Waals surface area (Å²) in [6.07, 6.45) is 1.60. The van der Waals surface area contributed by atoms with Gasteiger partial charge in [-0.05, 0) is 31.4 Å². The van der Waals surface area contributed by atoms with Gasteiger partial charge in [0.25, 0.3) is 5.91 Å². The minimum Gasteiger partial charge on any atom is -0.351 e. The molecule has 1 aromatic heterocycles. The number of carbonyl (C=O) groups is 1. The maximum absolute atomic E-state index is 12.4. The number of aryl methyl sites for hydroxylation is 2. The van der Waals surface area contributed by atoms with Crippen molar-refractivity contribution in [1.29, 1.82) is 0 Å². The van der Waals surface area contributed by atoms with Crippen molar-refractivity contribution in [2.24, 2.45) is 0 Å². The second-order valence-corrected chi connectivity index (χ2v) is 7.26. The first-order valence-corrected chi connectivity index (χ1v) is 9.27. The number of rotatable bonds is 6. The fourth-order valence-corrected chi connectivity index (χ4v) is 3.79. The smallest absolute Gasteiger partial charge is 0.263 e. The second kappa shape index (κ2) is 8.08. The lowest BCUT2D eigenvalue weighted by atomic mass is 10.1. The highest BCUT2D eigenvalue weighted by molar-refractivity contribution is 7.13. The molecule has 0 aliphatic heterocycles. The number of benzene rings is 2. The van der Waals surface area contributed by atoms with Crippen molar-refractivity contribution in [1.82, 2.24) is 10.3 Å². The van der Waals surface area contributed by atoms with Gasteiger partial charge in [-0.25, -0.2) is 4.98 Å². The summed E-state index contributed by atoms with van der Waals surface area (Å²) < 4.78 is 0. The van der Waals surface area contributed by atoms with Crippen LogP contribution in [0.5, 0.6) is 0 Å². The molecule has 3 aromatic rings. The summed E-state index contributed by atoms with van der Waals surface area (Å²) >= 11 is 1.49. The van der Waals surface area contributed by atoms with Crippen LogP contribution >= 0.6 is 11.3 Å². The number of nitrogens with zero attached hydrogens (tertiary/aromatic N) is 1. The van der Waals surface area contributed by atoms with Gasteiger partial charge in [0.1, 0.15) is 4.88 Å². The molecular formula is C21H22N2OS. The molecule has 0 saturated carbocycles. The van der Waals surface area contributed by atoms with Gasteiger partial charge in [0.2, 0.25) is 0 Å². The van der Waals surface area contributed by atoms with Gasteiger partial charge in [-0.1, -0.05) is 60.2 Å². The minimum atomic E-state index is -0.0260. The molecule has 0 bridgehead atoms. The van der Waals surface area contributed by atoms with Crippen molar-refractivity contribution < 1.29 is 4.79 Å². The third-order valence-electron chi connectivity index (χ3n) is 4.03. The fraction of sp³-hybridized carbons (Fsp3) is 0.238. The molecule has 0 unspecified atom stereocenters. The van der Waals surface area contributed by atoms with E-state index in [-0.39, 0.29) is 5.91 Å². The normalized spacial score (nSPS) is 10.6. The molecule has 1 amide bonds. The molecule has 128 valence electrons. The maximum atomic E-state index is 12.4. The van der Waals surface area contributed by atoms with Gasteiger partial charge in [0.05, 0.1) is 10.7 Å². The van der Waals surface area contributed by atoms with Crippen molar-refractivity contribution in [3.8, 4) is 0 Å². The molecule has 25 heavy (non-hydrogen) atoms. The summed E-state index contributed by atoms with van der Waals surface area (Å²) in [4.78, 5) is 17.7. The summed E-state index contributed by atoms with van der Waals surface area (Å²) in [5.74, 6) is -0.0260. The minimum absolute atomic E-state index is 0.0260. The Labute approximate surface area is 152 Å². The van der Waals surface area contributed by atoms with Gasteiger partial charge < -0.3 is 5.32 Å². The molecule has 0 atom stereocenters. The first kappa shape index (κ1) is 17.4. The third kappa shape index (κ3) is 4.77. The van der Waals surface area contributed by atoms with E-state index in [4.69, 9.17) is 0 Å². The van der Waals surface area contributed by atoms with E-state index in [9.17, 15) is 4.79 Å². The van der Waals surface area contributed by atoms with Crippen molar-refractivity contribution in [3.63, 3.8) is 0 Å². The molecule has 2 aromatic carbocycles. The average molecular weight is 350 g/mol. The Morgan fingerprint density at radius 1 is 1.04 bits per heavy atom. The lowest BCUT2D eigenvalue weighted by Gasteiger charge is -2.05.